The van der Waals surface area contributed by atoms with Crippen LogP contribution in [0.25, 0.3) is 0 Å². The highest BCUT2D eigenvalue weighted by atomic mass is 16.2. The highest BCUT2D eigenvalue weighted by Gasteiger charge is 2.29. The third-order valence-corrected chi connectivity index (χ3v) is 6.19. The predicted molar refractivity (Wildman–Crippen MR) is 102 cm³/mol. The Balaban J connectivity index is 1.33. The Morgan fingerprint density at radius 1 is 1.00 bits per heavy atom. The van der Waals surface area contributed by atoms with Crippen molar-refractivity contribution in [2.45, 2.75) is 51.0 Å². The summed E-state index contributed by atoms with van der Waals surface area (Å²) in [5.41, 5.74) is 2.77. The van der Waals surface area contributed by atoms with E-state index in [1.54, 1.807) is 0 Å². The maximum absolute atomic E-state index is 12.9. The average Bonchev–Trinajstić information content (AvgIpc) is 3.30. The molecule has 1 aromatic rings. The molecule has 0 N–H and O–H groups in total. The van der Waals surface area contributed by atoms with E-state index >= 15 is 0 Å². The molecule has 3 aliphatic heterocycles. The van der Waals surface area contributed by atoms with Gasteiger partial charge < -0.3 is 14.7 Å². The lowest BCUT2D eigenvalue weighted by atomic mass is 10.0. The Hall–Kier alpha value is -1.55. The molecule has 1 aromatic carbocycles. The van der Waals surface area contributed by atoms with Crippen LogP contribution in [0.2, 0.25) is 0 Å². The number of piperidine rings is 1. The minimum absolute atomic E-state index is 0.369. The lowest BCUT2D eigenvalue weighted by Gasteiger charge is -2.38. The number of hydrogen-bond acceptors (Lipinski definition) is 3. The molecule has 1 amide bonds. The standard InChI is InChI=1S/C21H31N3O/c25-21(11-16-23-15-10-18-7-1-2-9-20(18)23)24-14-4-3-8-19(24)17-22-12-5-6-13-22/h1-2,7,9,19H,3-6,8,10-17H2/t19-/m0/s1. The van der Waals surface area contributed by atoms with E-state index in [1.165, 1.54) is 56.4 Å². The number of carbonyl (C=O) groups excluding carboxylic acids is 1. The fraction of sp³-hybridized carbons (Fsp3) is 0.667. The average molecular weight is 341 g/mol. The SMILES string of the molecule is O=C(CCN1CCc2ccccc21)N1CCCC[C@H]1CN1CCCC1. The van der Waals surface area contributed by atoms with Gasteiger partial charge in [0.05, 0.1) is 0 Å². The van der Waals surface area contributed by atoms with Crippen LogP contribution >= 0.6 is 0 Å². The third kappa shape index (κ3) is 3.84. The Morgan fingerprint density at radius 3 is 2.68 bits per heavy atom. The van der Waals surface area contributed by atoms with E-state index in [4.69, 9.17) is 0 Å². The van der Waals surface area contributed by atoms with Crippen molar-refractivity contribution < 1.29 is 4.79 Å². The Bertz CT molecular complexity index is 597. The molecule has 0 aliphatic carbocycles. The van der Waals surface area contributed by atoms with E-state index in [0.717, 1.165) is 32.6 Å². The summed E-state index contributed by atoms with van der Waals surface area (Å²) >= 11 is 0. The van der Waals surface area contributed by atoms with Gasteiger partial charge in [0.2, 0.25) is 5.91 Å². The molecule has 0 bridgehead atoms. The number of carbonyl (C=O) groups is 1. The van der Waals surface area contributed by atoms with Crippen LogP contribution in [0.3, 0.4) is 0 Å². The Labute approximate surface area is 151 Å². The molecule has 4 rings (SSSR count). The van der Waals surface area contributed by atoms with Crippen LogP contribution in [0, 0.1) is 0 Å². The predicted octanol–water partition coefficient (Wildman–Crippen LogP) is 2.92. The van der Waals surface area contributed by atoms with Crippen LogP contribution in [-0.4, -0.2) is 61.0 Å². The summed E-state index contributed by atoms with van der Waals surface area (Å²) in [4.78, 5) is 20.1. The smallest absolute Gasteiger partial charge is 0.224 e. The zero-order chi connectivity index (χ0) is 17.1. The molecular formula is C21H31N3O. The minimum atomic E-state index is 0.369. The van der Waals surface area contributed by atoms with E-state index in [9.17, 15) is 4.79 Å². The van der Waals surface area contributed by atoms with E-state index < -0.39 is 0 Å². The lowest BCUT2D eigenvalue weighted by molar-refractivity contribution is -0.135. The second-order valence-corrected chi connectivity index (χ2v) is 7.86. The van der Waals surface area contributed by atoms with E-state index in [-0.39, 0.29) is 0 Å². The fourth-order valence-corrected chi connectivity index (χ4v) is 4.80. The number of likely N-dealkylation sites (tertiary alicyclic amines) is 2. The van der Waals surface area contributed by atoms with Crippen LogP contribution in [0.4, 0.5) is 5.69 Å². The molecule has 2 fully saturated rings. The molecular weight excluding hydrogens is 310 g/mol. The first-order chi connectivity index (χ1) is 12.3. The minimum Gasteiger partial charge on any atom is -0.370 e. The van der Waals surface area contributed by atoms with Gasteiger partial charge in [0.1, 0.15) is 0 Å². The number of amides is 1. The number of benzene rings is 1. The fourth-order valence-electron chi connectivity index (χ4n) is 4.80. The van der Waals surface area contributed by atoms with E-state index in [1.807, 2.05) is 0 Å². The van der Waals surface area contributed by atoms with Gasteiger partial charge in [-0.3, -0.25) is 4.79 Å². The van der Waals surface area contributed by atoms with Crippen molar-refractivity contribution in [3.63, 3.8) is 0 Å². The molecule has 4 nitrogen and oxygen atoms in total. The number of rotatable bonds is 5. The number of fused-ring (bicyclic) bond motifs is 1. The van der Waals surface area contributed by atoms with Crippen LogP contribution < -0.4 is 4.90 Å². The van der Waals surface area contributed by atoms with Gasteiger partial charge in [0.25, 0.3) is 0 Å². The van der Waals surface area contributed by atoms with E-state index in [0.29, 0.717) is 18.4 Å². The summed E-state index contributed by atoms with van der Waals surface area (Å²) in [7, 11) is 0. The molecule has 136 valence electrons. The third-order valence-electron chi connectivity index (χ3n) is 6.19. The molecule has 0 unspecified atom stereocenters. The molecule has 0 aromatic heterocycles. The van der Waals surface area contributed by atoms with Gasteiger partial charge in [-0.05, 0) is 63.2 Å². The number of para-hydroxylation sites is 1. The number of hydrogen-bond donors (Lipinski definition) is 0. The molecule has 4 heteroatoms. The Kier molecular flexibility index (Phi) is 5.25. The summed E-state index contributed by atoms with van der Waals surface area (Å²) in [6.45, 7) is 6.44. The van der Waals surface area contributed by atoms with Crippen molar-refractivity contribution in [3.05, 3.63) is 29.8 Å². The van der Waals surface area contributed by atoms with Crippen molar-refractivity contribution in [1.82, 2.24) is 9.80 Å². The summed E-state index contributed by atoms with van der Waals surface area (Å²) < 4.78 is 0. The van der Waals surface area contributed by atoms with Crippen molar-refractivity contribution in [2.24, 2.45) is 0 Å². The van der Waals surface area contributed by atoms with Crippen LogP contribution in [0.15, 0.2) is 24.3 Å². The van der Waals surface area contributed by atoms with Crippen LogP contribution in [-0.2, 0) is 11.2 Å². The summed E-state index contributed by atoms with van der Waals surface area (Å²) in [6.07, 6.45) is 8.08. The maximum Gasteiger partial charge on any atom is 0.224 e. The van der Waals surface area contributed by atoms with Gasteiger partial charge in [-0.25, -0.2) is 0 Å². The van der Waals surface area contributed by atoms with Gasteiger partial charge >= 0.3 is 0 Å². The summed E-state index contributed by atoms with van der Waals surface area (Å²) in [5, 5.41) is 0. The molecule has 3 aliphatic rings. The molecule has 1 atom stereocenters. The normalized spacial score (nSPS) is 23.9. The quantitative estimate of drug-likeness (QED) is 0.824. The molecule has 25 heavy (non-hydrogen) atoms. The van der Waals surface area contributed by atoms with Crippen molar-refractivity contribution in [3.8, 4) is 0 Å². The monoisotopic (exact) mass is 341 g/mol. The zero-order valence-electron chi connectivity index (χ0n) is 15.3. The molecule has 0 radical (unpaired) electrons. The first kappa shape index (κ1) is 16.9. The molecule has 2 saturated heterocycles. The van der Waals surface area contributed by atoms with E-state index in [2.05, 4.69) is 39.0 Å². The van der Waals surface area contributed by atoms with Gasteiger partial charge in [-0.2, -0.15) is 0 Å². The first-order valence-electron chi connectivity index (χ1n) is 10.2. The van der Waals surface area contributed by atoms with Gasteiger partial charge in [0, 0.05) is 44.3 Å². The highest BCUT2D eigenvalue weighted by molar-refractivity contribution is 5.77. The molecule has 0 spiro atoms. The zero-order valence-corrected chi connectivity index (χ0v) is 15.3. The molecule has 0 saturated carbocycles. The lowest BCUT2D eigenvalue weighted by Crippen LogP contribution is -2.49. The maximum atomic E-state index is 12.9. The van der Waals surface area contributed by atoms with Crippen molar-refractivity contribution in [1.29, 1.82) is 0 Å². The van der Waals surface area contributed by atoms with Crippen molar-refractivity contribution >= 4 is 11.6 Å². The summed E-state index contributed by atoms with van der Waals surface area (Å²) in [5.74, 6) is 0.369. The van der Waals surface area contributed by atoms with Crippen LogP contribution in [0.5, 0.6) is 0 Å². The van der Waals surface area contributed by atoms with Gasteiger partial charge in [-0.1, -0.05) is 18.2 Å². The topological polar surface area (TPSA) is 26.8 Å². The highest BCUT2D eigenvalue weighted by Crippen LogP contribution is 2.28. The summed E-state index contributed by atoms with van der Waals surface area (Å²) in [6, 6.07) is 9.09. The molecule has 3 heterocycles. The van der Waals surface area contributed by atoms with Crippen molar-refractivity contribution in [2.75, 3.05) is 44.2 Å². The number of nitrogens with zero attached hydrogens (tertiary/aromatic N) is 3. The van der Waals surface area contributed by atoms with Gasteiger partial charge in [-0.15, -0.1) is 0 Å². The second kappa shape index (κ2) is 7.77. The first-order valence-corrected chi connectivity index (χ1v) is 10.2. The van der Waals surface area contributed by atoms with Crippen LogP contribution in [0.1, 0.15) is 44.1 Å². The Morgan fingerprint density at radius 2 is 1.80 bits per heavy atom. The number of anilines is 1. The largest absolute Gasteiger partial charge is 0.370 e. The second-order valence-electron chi connectivity index (χ2n) is 7.86. The van der Waals surface area contributed by atoms with Gasteiger partial charge in [0.15, 0.2) is 0 Å².